The number of aromatic nitrogens is 1. The van der Waals surface area contributed by atoms with E-state index in [4.69, 9.17) is 9.26 Å². The van der Waals surface area contributed by atoms with Crippen molar-refractivity contribution in [2.75, 3.05) is 26.7 Å². The quantitative estimate of drug-likeness (QED) is 0.825. The molecule has 1 saturated heterocycles. The van der Waals surface area contributed by atoms with Crippen LogP contribution in [-0.2, 0) is 17.8 Å². The van der Waals surface area contributed by atoms with Gasteiger partial charge in [-0.05, 0) is 57.5 Å². The molecule has 1 aromatic heterocycles. The van der Waals surface area contributed by atoms with Gasteiger partial charge in [0, 0.05) is 13.1 Å². The zero-order chi connectivity index (χ0) is 18.5. The predicted octanol–water partition coefficient (Wildman–Crippen LogP) is 2.48. The Labute approximate surface area is 154 Å². The van der Waals surface area contributed by atoms with Crippen LogP contribution < -0.4 is 10.1 Å². The SMILES string of the molecule is CNCC1CCN(C(=O)Cc2ccc(OCc3c(C)noc3C)cc2)C1. The summed E-state index contributed by atoms with van der Waals surface area (Å²) in [5.41, 5.74) is 2.85. The van der Waals surface area contributed by atoms with E-state index in [2.05, 4.69) is 10.5 Å². The average molecular weight is 357 g/mol. The summed E-state index contributed by atoms with van der Waals surface area (Å²) in [6, 6.07) is 7.74. The van der Waals surface area contributed by atoms with Crippen LogP contribution in [0, 0.1) is 19.8 Å². The lowest BCUT2D eigenvalue weighted by molar-refractivity contribution is -0.129. The topological polar surface area (TPSA) is 67.6 Å². The van der Waals surface area contributed by atoms with Gasteiger partial charge in [0.25, 0.3) is 0 Å². The minimum absolute atomic E-state index is 0.202. The van der Waals surface area contributed by atoms with Crippen LogP contribution in [0.15, 0.2) is 28.8 Å². The van der Waals surface area contributed by atoms with Gasteiger partial charge in [0.15, 0.2) is 0 Å². The smallest absolute Gasteiger partial charge is 0.226 e. The number of carbonyl (C=O) groups is 1. The van der Waals surface area contributed by atoms with Gasteiger partial charge in [-0.3, -0.25) is 4.79 Å². The lowest BCUT2D eigenvalue weighted by Crippen LogP contribution is -2.31. The number of aryl methyl sites for hydroxylation is 2. The third-order valence-electron chi connectivity index (χ3n) is 4.97. The van der Waals surface area contributed by atoms with Crippen molar-refractivity contribution in [1.82, 2.24) is 15.4 Å². The number of ether oxygens (including phenoxy) is 1. The van der Waals surface area contributed by atoms with Crippen LogP contribution in [0.1, 0.15) is 29.0 Å². The number of likely N-dealkylation sites (tertiary alicyclic amines) is 1. The van der Waals surface area contributed by atoms with E-state index in [-0.39, 0.29) is 5.91 Å². The van der Waals surface area contributed by atoms with Crippen molar-refractivity contribution in [3.63, 3.8) is 0 Å². The molecule has 140 valence electrons. The molecule has 1 N–H and O–H groups in total. The molecule has 6 heteroatoms. The Kier molecular flexibility index (Phi) is 5.93. The Bertz CT molecular complexity index is 720. The van der Waals surface area contributed by atoms with E-state index in [1.807, 2.05) is 50.1 Å². The molecule has 0 saturated carbocycles. The number of hydrogen-bond acceptors (Lipinski definition) is 5. The summed E-state index contributed by atoms with van der Waals surface area (Å²) < 4.78 is 11.0. The summed E-state index contributed by atoms with van der Waals surface area (Å²) in [6.45, 7) is 6.92. The monoisotopic (exact) mass is 357 g/mol. The third kappa shape index (κ3) is 4.43. The Morgan fingerprint density at radius 2 is 2.12 bits per heavy atom. The molecule has 0 bridgehead atoms. The van der Waals surface area contributed by atoms with Gasteiger partial charge in [0.2, 0.25) is 5.91 Å². The second-order valence-electron chi connectivity index (χ2n) is 6.96. The van der Waals surface area contributed by atoms with Gasteiger partial charge in [0.05, 0.1) is 17.7 Å². The highest BCUT2D eigenvalue weighted by atomic mass is 16.5. The lowest BCUT2D eigenvalue weighted by Gasteiger charge is -2.16. The van der Waals surface area contributed by atoms with Crippen LogP contribution in [0.2, 0.25) is 0 Å². The fourth-order valence-electron chi connectivity index (χ4n) is 3.37. The highest BCUT2D eigenvalue weighted by molar-refractivity contribution is 5.79. The third-order valence-corrected chi connectivity index (χ3v) is 4.97. The Morgan fingerprint density at radius 3 is 2.77 bits per heavy atom. The van der Waals surface area contributed by atoms with Crippen molar-refractivity contribution in [2.45, 2.75) is 33.3 Å². The van der Waals surface area contributed by atoms with Crippen molar-refractivity contribution in [1.29, 1.82) is 0 Å². The maximum absolute atomic E-state index is 12.5. The van der Waals surface area contributed by atoms with E-state index >= 15 is 0 Å². The van der Waals surface area contributed by atoms with Gasteiger partial charge in [-0.15, -0.1) is 0 Å². The Balaban J connectivity index is 1.51. The average Bonchev–Trinajstić information content (AvgIpc) is 3.22. The molecule has 2 aromatic rings. The number of nitrogens with one attached hydrogen (secondary N) is 1. The van der Waals surface area contributed by atoms with E-state index in [1.54, 1.807) is 0 Å². The van der Waals surface area contributed by atoms with E-state index in [1.165, 1.54) is 0 Å². The minimum Gasteiger partial charge on any atom is -0.489 e. The highest BCUT2D eigenvalue weighted by Gasteiger charge is 2.25. The van der Waals surface area contributed by atoms with Gasteiger partial charge < -0.3 is 19.5 Å². The molecule has 0 radical (unpaired) electrons. The van der Waals surface area contributed by atoms with Crippen LogP contribution in [0.25, 0.3) is 0 Å². The number of nitrogens with zero attached hydrogens (tertiary/aromatic N) is 2. The summed E-state index contributed by atoms with van der Waals surface area (Å²) in [4.78, 5) is 14.4. The number of amides is 1. The molecule has 1 aliphatic rings. The molecule has 0 aliphatic carbocycles. The maximum Gasteiger partial charge on any atom is 0.226 e. The standard InChI is InChI=1S/C20H27N3O3/c1-14-19(15(2)26-22-14)13-25-18-6-4-16(5-7-18)10-20(24)23-9-8-17(12-23)11-21-3/h4-7,17,21H,8-13H2,1-3H3. The van der Waals surface area contributed by atoms with Crippen LogP contribution in [0.3, 0.4) is 0 Å². The number of benzene rings is 1. The molecule has 26 heavy (non-hydrogen) atoms. The van der Waals surface area contributed by atoms with E-state index < -0.39 is 0 Å². The molecule has 1 atom stereocenters. The zero-order valence-corrected chi connectivity index (χ0v) is 15.7. The Morgan fingerprint density at radius 1 is 1.35 bits per heavy atom. The molecule has 1 fully saturated rings. The summed E-state index contributed by atoms with van der Waals surface area (Å²) in [7, 11) is 1.96. The molecule has 2 heterocycles. The van der Waals surface area contributed by atoms with Gasteiger partial charge in [0.1, 0.15) is 18.1 Å². The van der Waals surface area contributed by atoms with E-state index in [0.717, 1.165) is 54.4 Å². The highest BCUT2D eigenvalue weighted by Crippen LogP contribution is 2.20. The van der Waals surface area contributed by atoms with Gasteiger partial charge >= 0.3 is 0 Å². The minimum atomic E-state index is 0.202. The van der Waals surface area contributed by atoms with Gasteiger partial charge in [-0.2, -0.15) is 0 Å². The molecular weight excluding hydrogens is 330 g/mol. The molecule has 0 spiro atoms. The van der Waals surface area contributed by atoms with Crippen LogP contribution in [0.5, 0.6) is 5.75 Å². The molecular formula is C20H27N3O3. The van der Waals surface area contributed by atoms with Crippen molar-refractivity contribution >= 4 is 5.91 Å². The number of carbonyl (C=O) groups excluding carboxylic acids is 1. The van der Waals surface area contributed by atoms with Crippen LogP contribution in [0.4, 0.5) is 0 Å². The summed E-state index contributed by atoms with van der Waals surface area (Å²) in [6.07, 6.45) is 1.53. The largest absolute Gasteiger partial charge is 0.489 e. The zero-order valence-electron chi connectivity index (χ0n) is 15.7. The first-order valence-corrected chi connectivity index (χ1v) is 9.12. The molecule has 1 unspecified atom stereocenters. The summed E-state index contributed by atoms with van der Waals surface area (Å²) in [5.74, 6) is 2.33. The molecule has 1 amide bonds. The van der Waals surface area contributed by atoms with Gasteiger partial charge in [-0.25, -0.2) is 0 Å². The first-order valence-electron chi connectivity index (χ1n) is 9.12. The number of rotatable bonds is 7. The van der Waals surface area contributed by atoms with Crippen molar-refractivity contribution in [3.05, 3.63) is 46.8 Å². The molecule has 1 aliphatic heterocycles. The van der Waals surface area contributed by atoms with Gasteiger partial charge in [-0.1, -0.05) is 17.3 Å². The van der Waals surface area contributed by atoms with Crippen molar-refractivity contribution < 1.29 is 14.1 Å². The first-order chi connectivity index (χ1) is 12.6. The maximum atomic E-state index is 12.5. The second kappa shape index (κ2) is 8.36. The van der Waals surface area contributed by atoms with Crippen molar-refractivity contribution in [3.8, 4) is 5.75 Å². The summed E-state index contributed by atoms with van der Waals surface area (Å²) >= 11 is 0. The Hall–Kier alpha value is -2.34. The number of hydrogen-bond donors (Lipinski definition) is 1. The van der Waals surface area contributed by atoms with Crippen LogP contribution >= 0.6 is 0 Å². The summed E-state index contributed by atoms with van der Waals surface area (Å²) in [5, 5.41) is 7.12. The van der Waals surface area contributed by atoms with Crippen LogP contribution in [-0.4, -0.2) is 42.6 Å². The molecule has 1 aromatic carbocycles. The fraction of sp³-hybridized carbons (Fsp3) is 0.500. The molecule has 6 nitrogen and oxygen atoms in total. The van der Waals surface area contributed by atoms with E-state index in [9.17, 15) is 4.79 Å². The second-order valence-corrected chi connectivity index (χ2v) is 6.96. The van der Waals surface area contributed by atoms with E-state index in [0.29, 0.717) is 18.9 Å². The fourth-order valence-corrected chi connectivity index (χ4v) is 3.37. The first kappa shape index (κ1) is 18.5. The van der Waals surface area contributed by atoms with Crippen molar-refractivity contribution in [2.24, 2.45) is 5.92 Å². The predicted molar refractivity (Wildman–Crippen MR) is 99.1 cm³/mol. The molecule has 3 rings (SSSR count). The normalized spacial score (nSPS) is 16.9. The lowest BCUT2D eigenvalue weighted by atomic mass is 10.1.